The average Bonchev–Trinajstić information content (AvgIpc) is 0.773. The molecule has 0 amide bonds. The van der Waals surface area contributed by atoms with Gasteiger partial charge >= 0.3 is 0 Å². The van der Waals surface area contributed by atoms with E-state index in [4.69, 9.17) is 11.6 Å². The van der Waals surface area contributed by atoms with Crippen molar-refractivity contribution in [3.63, 3.8) is 0 Å². The van der Waals surface area contributed by atoms with E-state index in [9.17, 15) is 68.2 Å². The number of fused-ring (bicyclic) bond motifs is 6. The maximum absolute atomic E-state index is 13.0. The molecule has 0 aliphatic heterocycles. The highest BCUT2D eigenvalue weighted by atomic mass is 35.5. The minimum absolute atomic E-state index is 0.00361. The highest BCUT2D eigenvalue weighted by molar-refractivity contribution is 6.33. The molecule has 0 unspecified atom stereocenters. The fourth-order valence-corrected chi connectivity index (χ4v) is 14.6. The number of pyridine rings is 10. The number of hydrogen-bond donors (Lipinski definition) is 6. The van der Waals surface area contributed by atoms with E-state index in [-0.39, 0.29) is 136 Å². The maximum Gasteiger partial charge on any atom is 0.261 e. The van der Waals surface area contributed by atoms with Crippen LogP contribution in [0.3, 0.4) is 0 Å². The quantitative estimate of drug-likeness (QED) is 0.0555. The summed E-state index contributed by atoms with van der Waals surface area (Å²) < 4.78 is 34.1. The Balaban J connectivity index is 0.000000132. The van der Waals surface area contributed by atoms with Crippen molar-refractivity contribution in [3.8, 4) is 101 Å². The second-order valence-electron chi connectivity index (χ2n) is 30.8. The third-order valence-corrected chi connectivity index (χ3v) is 21.4. The predicted molar refractivity (Wildman–Crippen MR) is 492 cm³/mol. The first kappa shape index (κ1) is 90.9. The lowest BCUT2D eigenvalue weighted by molar-refractivity contribution is 0.478. The van der Waals surface area contributed by atoms with Crippen LogP contribution in [0.1, 0.15) is 133 Å². The second-order valence-corrected chi connectivity index (χ2v) is 31.2. The Bertz CT molecular complexity index is 7390. The molecule has 6 N–H and O–H groups in total. The number of nitrogens with zero attached hydrogens (tertiary/aromatic N) is 16. The summed E-state index contributed by atoms with van der Waals surface area (Å²) in [4.78, 5) is 116. The summed E-state index contributed by atoms with van der Waals surface area (Å²) in [7, 11) is 0. The van der Waals surface area contributed by atoms with Crippen LogP contribution in [0.5, 0.6) is 34.5 Å². The van der Waals surface area contributed by atoms with Gasteiger partial charge in [0.25, 0.3) is 33.4 Å². The van der Waals surface area contributed by atoms with Gasteiger partial charge in [0.15, 0.2) is 68.4 Å². The first-order valence-corrected chi connectivity index (χ1v) is 41.7. The largest absolute Gasteiger partial charge is 0.504 e. The number of halogens is 3. The lowest BCUT2D eigenvalue weighted by atomic mass is 10.1. The molecular formula is C98H89ClF2N16O12. The predicted octanol–water partition coefficient (Wildman–Crippen LogP) is 17.1. The van der Waals surface area contributed by atoms with E-state index >= 15 is 0 Å². The standard InChI is InChI=1S/2C17H15FN2O2.C16H14ClN3O2.3C16H15N3O2/c1-10(2)14-9-19-16-15(21)13(7-8-20(16)17(14)22)11-3-5-12(18)6-4-11;1-2-3-12-10-19-16-15(21)14(8-9-20(16)17(12)22)11-4-6-13(18)7-5-11;1-2-4-11-8-19-15-14(21)13(10-5-3-6-18-7-10)12(17)9-20(15)16(11)22;1-10(2)13-9-18-15-14(20)12(5-8-19(15)16(13)21)11-3-6-17-7-4-11;1-10(2)13-9-18-15-14(20)12(5-7-19(15)16(13)21)11-4-3-6-17-8-11;1-2-4-12-10-18-15-14(20)13(6-8-19(15)16(12)21)11-5-3-7-17-9-11/h3-10,21H,1-2H3;4-10,21H,2-3H2,1H3;3,5-9,21H,2,4H2,1H3;2*3-10,20H,1-2H3;3,5-10,20H,2,4H2,1H3. The van der Waals surface area contributed by atoms with Crippen molar-refractivity contribution < 1.29 is 39.4 Å². The molecule has 0 aliphatic rings. The molecule has 0 saturated carbocycles. The van der Waals surface area contributed by atoms with Crippen LogP contribution >= 0.6 is 11.6 Å². The van der Waals surface area contributed by atoms with Gasteiger partial charge in [0, 0.05) is 207 Å². The molecule has 16 heterocycles. The fourth-order valence-electron chi connectivity index (χ4n) is 14.3. The maximum atomic E-state index is 13.0. The van der Waals surface area contributed by atoms with E-state index in [0.29, 0.717) is 103 Å². The van der Waals surface area contributed by atoms with Crippen LogP contribution in [0.25, 0.3) is 101 Å². The second kappa shape index (κ2) is 40.4. The molecule has 129 heavy (non-hydrogen) atoms. The molecule has 2 aromatic carbocycles. The lowest BCUT2D eigenvalue weighted by Crippen LogP contribution is -2.20. The third-order valence-electron chi connectivity index (χ3n) is 21.1. The Hall–Kier alpha value is -15.9. The van der Waals surface area contributed by atoms with Gasteiger partial charge in [0.1, 0.15) is 11.6 Å². The molecule has 654 valence electrons. The molecule has 0 aliphatic carbocycles. The van der Waals surface area contributed by atoms with Crippen LogP contribution in [-0.4, -0.2) is 107 Å². The summed E-state index contributed by atoms with van der Waals surface area (Å²) in [5, 5.41) is 62.8. The SMILES string of the molecule is CC(C)c1cnc2c(O)c(-c3ccc(F)cc3)ccn2c1=O.CC(C)c1cnc2c(O)c(-c3cccnc3)ccn2c1=O.CC(C)c1cnc2c(O)c(-c3ccncc3)ccn2c1=O.CCCc1cnc2c(O)c(-c3ccc(F)cc3)ccn2c1=O.CCCc1cnc2c(O)c(-c3cccnc3)c(Cl)cn2c1=O.CCCc1cnc2c(O)c(-c3cccnc3)ccn2c1=O. The van der Waals surface area contributed by atoms with Gasteiger partial charge in [-0.05, 0) is 139 Å². The van der Waals surface area contributed by atoms with Gasteiger partial charge in [-0.25, -0.2) is 38.7 Å². The zero-order valence-corrected chi connectivity index (χ0v) is 72.3. The summed E-state index contributed by atoms with van der Waals surface area (Å²) in [6, 6.07) is 34.4. The van der Waals surface area contributed by atoms with Crippen LogP contribution in [0.15, 0.2) is 280 Å². The molecule has 0 fully saturated rings. The van der Waals surface area contributed by atoms with Crippen molar-refractivity contribution >= 4 is 45.5 Å². The molecule has 0 saturated heterocycles. The zero-order valence-electron chi connectivity index (χ0n) is 71.6. The number of hydrogen-bond acceptors (Lipinski definition) is 22. The number of rotatable bonds is 15. The van der Waals surface area contributed by atoms with Crippen molar-refractivity contribution in [2.24, 2.45) is 0 Å². The van der Waals surface area contributed by atoms with Crippen LogP contribution < -0.4 is 33.4 Å². The Morgan fingerprint density at radius 2 is 0.574 bits per heavy atom. The van der Waals surface area contributed by atoms with Gasteiger partial charge in [-0.2, -0.15) is 0 Å². The molecule has 18 rings (SSSR count). The Kier molecular flexibility index (Phi) is 28.5. The minimum atomic E-state index is -0.347. The highest BCUT2D eigenvalue weighted by Crippen LogP contribution is 2.40. The molecular weight excluding hydrogens is 1670 g/mol. The van der Waals surface area contributed by atoms with E-state index in [1.807, 2.05) is 74.4 Å². The first-order chi connectivity index (χ1) is 62.1. The van der Waals surface area contributed by atoms with E-state index < -0.39 is 0 Å². The lowest BCUT2D eigenvalue weighted by Gasteiger charge is -2.11. The average molecular weight is 1760 g/mol. The number of aromatic hydroxyl groups is 6. The van der Waals surface area contributed by atoms with E-state index in [2.05, 4.69) is 49.8 Å². The monoisotopic (exact) mass is 1750 g/mol. The number of aryl methyl sites for hydroxylation is 3. The van der Waals surface area contributed by atoms with Crippen molar-refractivity contribution in [1.82, 2.24) is 76.2 Å². The fraction of sp³-hybridized carbons (Fsp3) is 0.184. The molecule has 18 aromatic rings. The molecule has 28 nitrogen and oxygen atoms in total. The summed E-state index contributed by atoms with van der Waals surface area (Å²) in [5.74, 6) is -0.805. The third kappa shape index (κ3) is 19.5. The van der Waals surface area contributed by atoms with Crippen molar-refractivity contribution in [2.75, 3.05) is 0 Å². The van der Waals surface area contributed by atoms with Crippen molar-refractivity contribution in [2.45, 2.75) is 119 Å². The van der Waals surface area contributed by atoms with Gasteiger partial charge in [0.05, 0.1) is 5.02 Å². The molecule has 16 aromatic heterocycles. The minimum Gasteiger partial charge on any atom is -0.504 e. The van der Waals surface area contributed by atoms with Gasteiger partial charge < -0.3 is 30.6 Å². The van der Waals surface area contributed by atoms with Crippen LogP contribution in [0.4, 0.5) is 8.78 Å². The van der Waals surface area contributed by atoms with E-state index in [0.717, 1.165) is 36.0 Å². The normalized spacial score (nSPS) is 11.1. The van der Waals surface area contributed by atoms with Crippen LogP contribution in [0.2, 0.25) is 5.02 Å². The molecule has 0 radical (unpaired) electrons. The Labute approximate surface area is 740 Å². The molecule has 0 atom stereocenters. The highest BCUT2D eigenvalue weighted by Gasteiger charge is 2.23. The topological polar surface area (TPSA) is 379 Å². The molecule has 0 bridgehead atoms. The number of aromatic nitrogens is 16. The Morgan fingerprint density at radius 1 is 0.302 bits per heavy atom. The molecule has 0 spiro atoms. The summed E-state index contributed by atoms with van der Waals surface area (Å²) in [6.07, 6.45) is 36.5. The van der Waals surface area contributed by atoms with Crippen LogP contribution in [0, 0.1) is 11.6 Å². The van der Waals surface area contributed by atoms with Crippen LogP contribution in [-0.2, 0) is 19.3 Å². The summed E-state index contributed by atoms with van der Waals surface area (Å²) in [6.45, 7) is 17.6. The van der Waals surface area contributed by atoms with Crippen molar-refractivity contribution in [3.05, 3.63) is 363 Å². The zero-order chi connectivity index (χ0) is 92.0. The molecule has 31 heteroatoms. The number of benzene rings is 2. The van der Waals surface area contributed by atoms with E-state index in [1.165, 1.54) is 81.7 Å². The van der Waals surface area contributed by atoms with Gasteiger partial charge in [0.2, 0.25) is 0 Å². The summed E-state index contributed by atoms with van der Waals surface area (Å²) in [5.41, 5.74) is 11.7. The smallest absolute Gasteiger partial charge is 0.261 e. The van der Waals surface area contributed by atoms with Gasteiger partial charge in [-0.15, -0.1) is 0 Å². The van der Waals surface area contributed by atoms with E-state index in [1.54, 1.807) is 184 Å². The summed E-state index contributed by atoms with van der Waals surface area (Å²) >= 11 is 6.27. The Morgan fingerprint density at radius 3 is 0.868 bits per heavy atom. The van der Waals surface area contributed by atoms with Crippen molar-refractivity contribution in [1.29, 1.82) is 0 Å². The van der Waals surface area contributed by atoms with Gasteiger partial charge in [-0.1, -0.05) is 136 Å². The van der Waals surface area contributed by atoms with Gasteiger partial charge in [-0.3, -0.25) is 75.1 Å². The first-order valence-electron chi connectivity index (χ1n) is 41.3.